The van der Waals surface area contributed by atoms with Crippen molar-refractivity contribution in [3.05, 3.63) is 78.2 Å². The first-order valence-electron chi connectivity index (χ1n) is 6.90. The van der Waals surface area contributed by atoms with Crippen LogP contribution in [0.4, 0.5) is 0 Å². The Balaban J connectivity index is 1.79. The molecule has 2 aromatic carbocycles. The fourth-order valence-corrected chi connectivity index (χ4v) is 2.58. The van der Waals surface area contributed by atoms with Gasteiger partial charge in [0.15, 0.2) is 0 Å². The molecule has 0 radical (unpaired) electrons. The fourth-order valence-electron chi connectivity index (χ4n) is 2.58. The van der Waals surface area contributed by atoms with Crippen molar-refractivity contribution in [2.24, 2.45) is 5.73 Å². The van der Waals surface area contributed by atoms with Crippen LogP contribution in [0.3, 0.4) is 0 Å². The molecule has 3 nitrogen and oxygen atoms in total. The summed E-state index contributed by atoms with van der Waals surface area (Å²) in [6.45, 7) is 0. The van der Waals surface area contributed by atoms with Crippen LogP contribution in [0.2, 0.25) is 0 Å². The summed E-state index contributed by atoms with van der Waals surface area (Å²) in [5.41, 5.74) is 9.12. The molecule has 0 amide bonds. The maximum absolute atomic E-state index is 6.34. The molecule has 0 aliphatic heterocycles. The number of furan rings is 1. The molecule has 3 heteroatoms. The lowest BCUT2D eigenvalue weighted by atomic mass is 10.0. The molecule has 2 N–H and O–H groups in total. The second-order valence-corrected chi connectivity index (χ2v) is 5.13. The molecule has 0 aliphatic carbocycles. The molecule has 0 spiro atoms. The van der Waals surface area contributed by atoms with Gasteiger partial charge in [-0.15, -0.1) is 0 Å². The van der Waals surface area contributed by atoms with E-state index < -0.39 is 0 Å². The Hall–Kier alpha value is -2.65. The average molecular weight is 274 g/mol. The minimum atomic E-state index is -0.311. The molecule has 21 heavy (non-hydrogen) atoms. The molecule has 1 atom stereocenters. The van der Waals surface area contributed by atoms with E-state index in [0.29, 0.717) is 0 Å². The van der Waals surface area contributed by atoms with E-state index in [-0.39, 0.29) is 6.04 Å². The van der Waals surface area contributed by atoms with Gasteiger partial charge in [0.25, 0.3) is 0 Å². The largest absolute Gasteiger partial charge is 0.459 e. The van der Waals surface area contributed by atoms with Gasteiger partial charge in [0.1, 0.15) is 11.3 Å². The number of nitrogens with zero attached hydrogens (tertiary/aromatic N) is 1. The van der Waals surface area contributed by atoms with E-state index >= 15 is 0 Å². The zero-order chi connectivity index (χ0) is 14.2. The fraction of sp³-hybridized carbons (Fsp3) is 0.0556. The van der Waals surface area contributed by atoms with Gasteiger partial charge in [-0.25, -0.2) is 0 Å². The van der Waals surface area contributed by atoms with Gasteiger partial charge >= 0.3 is 0 Å². The maximum atomic E-state index is 6.34. The highest BCUT2D eigenvalue weighted by Gasteiger charge is 2.15. The highest BCUT2D eigenvalue weighted by molar-refractivity contribution is 5.80. The Morgan fingerprint density at radius 1 is 0.905 bits per heavy atom. The second kappa shape index (κ2) is 4.72. The molecule has 0 saturated carbocycles. The number of para-hydroxylation sites is 2. The van der Waals surface area contributed by atoms with Crippen LogP contribution in [0, 0.1) is 0 Å². The molecule has 4 aromatic rings. The van der Waals surface area contributed by atoms with Gasteiger partial charge in [-0.1, -0.05) is 36.4 Å². The maximum Gasteiger partial charge on any atom is 0.134 e. The first-order valence-corrected chi connectivity index (χ1v) is 6.90. The highest BCUT2D eigenvalue weighted by Crippen LogP contribution is 2.27. The number of benzene rings is 2. The van der Waals surface area contributed by atoms with Crippen molar-refractivity contribution >= 4 is 21.9 Å². The molecule has 1 unspecified atom stereocenters. The predicted molar refractivity (Wildman–Crippen MR) is 84.0 cm³/mol. The molecule has 0 saturated heterocycles. The number of hydrogen-bond donors (Lipinski definition) is 1. The molecule has 4 rings (SSSR count). The van der Waals surface area contributed by atoms with Crippen LogP contribution in [-0.4, -0.2) is 4.98 Å². The number of nitrogens with two attached hydrogens (primary N) is 1. The van der Waals surface area contributed by atoms with Crippen molar-refractivity contribution in [2.45, 2.75) is 6.04 Å². The molecular weight excluding hydrogens is 260 g/mol. The van der Waals surface area contributed by atoms with Gasteiger partial charge in [0.2, 0.25) is 0 Å². The predicted octanol–water partition coefficient (Wildman–Crippen LogP) is 4.03. The molecule has 102 valence electrons. The third-order valence-corrected chi connectivity index (χ3v) is 3.72. The number of rotatable bonds is 2. The van der Waals surface area contributed by atoms with Crippen molar-refractivity contribution in [1.29, 1.82) is 0 Å². The summed E-state index contributed by atoms with van der Waals surface area (Å²) in [5, 5.41) is 2.15. The lowest BCUT2D eigenvalue weighted by molar-refractivity contribution is 0.525. The van der Waals surface area contributed by atoms with Gasteiger partial charge < -0.3 is 10.2 Å². The van der Waals surface area contributed by atoms with E-state index in [1.54, 1.807) is 0 Å². The Bertz CT molecular complexity index is 893. The van der Waals surface area contributed by atoms with Gasteiger partial charge in [0, 0.05) is 17.0 Å². The van der Waals surface area contributed by atoms with Crippen molar-refractivity contribution in [3.63, 3.8) is 0 Å². The van der Waals surface area contributed by atoms with Crippen LogP contribution >= 0.6 is 0 Å². The van der Waals surface area contributed by atoms with Gasteiger partial charge in [-0.3, -0.25) is 4.98 Å². The van der Waals surface area contributed by atoms with Gasteiger partial charge in [0.05, 0.1) is 11.6 Å². The lowest BCUT2D eigenvalue weighted by Crippen LogP contribution is -2.11. The van der Waals surface area contributed by atoms with E-state index in [4.69, 9.17) is 10.2 Å². The third kappa shape index (κ3) is 2.08. The molecule has 0 bridgehead atoms. The minimum absolute atomic E-state index is 0.311. The Kier molecular flexibility index (Phi) is 2.72. The van der Waals surface area contributed by atoms with E-state index in [9.17, 15) is 0 Å². The van der Waals surface area contributed by atoms with Crippen molar-refractivity contribution < 1.29 is 4.42 Å². The molecule has 2 aromatic heterocycles. The van der Waals surface area contributed by atoms with Crippen molar-refractivity contribution in [3.8, 4) is 0 Å². The monoisotopic (exact) mass is 274 g/mol. The minimum Gasteiger partial charge on any atom is -0.459 e. The third-order valence-electron chi connectivity index (χ3n) is 3.72. The summed E-state index contributed by atoms with van der Waals surface area (Å²) >= 11 is 0. The quantitative estimate of drug-likeness (QED) is 0.600. The first kappa shape index (κ1) is 12.1. The average Bonchev–Trinajstić information content (AvgIpc) is 2.97. The summed E-state index contributed by atoms with van der Waals surface area (Å²) in [4.78, 5) is 4.46. The van der Waals surface area contributed by atoms with Crippen LogP contribution in [-0.2, 0) is 0 Å². The summed E-state index contributed by atoms with van der Waals surface area (Å²) in [5.74, 6) is 0.758. The summed E-state index contributed by atoms with van der Waals surface area (Å²) in [7, 11) is 0. The van der Waals surface area contributed by atoms with Crippen molar-refractivity contribution in [1.82, 2.24) is 4.98 Å². The zero-order valence-electron chi connectivity index (χ0n) is 11.4. The molecule has 2 heterocycles. The molecular formula is C18H14N2O. The second-order valence-electron chi connectivity index (χ2n) is 5.13. The van der Waals surface area contributed by atoms with Crippen LogP contribution in [0.1, 0.15) is 17.4 Å². The van der Waals surface area contributed by atoms with Gasteiger partial charge in [-0.05, 0) is 29.8 Å². The van der Waals surface area contributed by atoms with Gasteiger partial charge in [-0.2, -0.15) is 0 Å². The zero-order valence-corrected chi connectivity index (χ0v) is 11.4. The smallest absolute Gasteiger partial charge is 0.134 e. The lowest BCUT2D eigenvalue weighted by Gasteiger charge is -2.09. The first-order chi connectivity index (χ1) is 10.3. The topological polar surface area (TPSA) is 52.0 Å². The van der Waals surface area contributed by atoms with Crippen molar-refractivity contribution in [2.75, 3.05) is 0 Å². The summed E-state index contributed by atoms with van der Waals surface area (Å²) in [6.07, 6.45) is 1.82. The standard InChI is InChI=1S/C18H14N2O/c19-18(17-10-13-6-2-4-8-16(13)21-17)14-9-12-5-1-3-7-15(12)20-11-14/h1-11,18H,19H2. The van der Waals surface area contributed by atoms with E-state index in [2.05, 4.69) is 11.1 Å². The van der Waals surface area contributed by atoms with E-state index in [1.165, 1.54) is 0 Å². The Labute approximate surface area is 122 Å². The molecule has 0 aliphatic rings. The number of pyridine rings is 1. The Morgan fingerprint density at radius 2 is 1.67 bits per heavy atom. The molecule has 0 fully saturated rings. The SMILES string of the molecule is NC(c1cnc2ccccc2c1)c1cc2ccccc2o1. The van der Waals surface area contributed by atoms with E-state index in [1.807, 2.05) is 60.8 Å². The van der Waals surface area contributed by atoms with Crippen LogP contribution in [0.5, 0.6) is 0 Å². The highest BCUT2D eigenvalue weighted by atomic mass is 16.3. The van der Waals surface area contributed by atoms with Crippen LogP contribution < -0.4 is 5.73 Å². The number of aromatic nitrogens is 1. The number of fused-ring (bicyclic) bond motifs is 2. The summed E-state index contributed by atoms with van der Waals surface area (Å²) in [6, 6.07) is 19.7. The van der Waals surface area contributed by atoms with E-state index in [0.717, 1.165) is 33.2 Å². The normalized spacial score (nSPS) is 12.8. The summed E-state index contributed by atoms with van der Waals surface area (Å²) < 4.78 is 5.84. The van der Waals surface area contributed by atoms with Crippen LogP contribution in [0.15, 0.2) is 71.3 Å². The number of hydrogen-bond acceptors (Lipinski definition) is 3. The van der Waals surface area contributed by atoms with Crippen LogP contribution in [0.25, 0.3) is 21.9 Å². The Morgan fingerprint density at radius 3 is 2.52 bits per heavy atom.